The van der Waals surface area contributed by atoms with Gasteiger partial charge in [0.05, 0.1) is 7.11 Å². The van der Waals surface area contributed by atoms with Crippen LogP contribution in [0, 0.1) is 0 Å². The molecule has 0 amide bonds. The van der Waals surface area contributed by atoms with Gasteiger partial charge in [-0.1, -0.05) is 23.9 Å². The van der Waals surface area contributed by atoms with Crippen molar-refractivity contribution in [3.63, 3.8) is 0 Å². The van der Waals surface area contributed by atoms with E-state index in [4.69, 9.17) is 10.5 Å². The topological polar surface area (TPSA) is 61.0 Å². The molecule has 1 heterocycles. The standard InChI is InChI=1S/C13H15N3OS2/c1-17-10-5-3-4-9(6-10)8-19-13-15-11(14)7-12(16-13)18-2/h3-7H,8H2,1-2H3,(H2,14,15,16). The molecule has 0 saturated carbocycles. The van der Waals surface area contributed by atoms with Gasteiger partial charge in [0.2, 0.25) is 0 Å². The molecule has 0 aliphatic heterocycles. The third-order valence-corrected chi connectivity index (χ3v) is 3.96. The number of rotatable bonds is 5. The number of methoxy groups -OCH3 is 1. The molecule has 6 heteroatoms. The largest absolute Gasteiger partial charge is 0.497 e. The minimum absolute atomic E-state index is 0.507. The fourth-order valence-corrected chi connectivity index (χ4v) is 2.78. The van der Waals surface area contributed by atoms with Crippen LogP contribution in [0.3, 0.4) is 0 Å². The molecule has 0 spiro atoms. The van der Waals surface area contributed by atoms with E-state index < -0.39 is 0 Å². The van der Waals surface area contributed by atoms with Gasteiger partial charge >= 0.3 is 0 Å². The second-order valence-electron chi connectivity index (χ2n) is 3.76. The second-order valence-corrected chi connectivity index (χ2v) is 5.53. The smallest absolute Gasteiger partial charge is 0.190 e. The number of anilines is 1. The van der Waals surface area contributed by atoms with Crippen molar-refractivity contribution in [3.05, 3.63) is 35.9 Å². The first-order chi connectivity index (χ1) is 9.21. The summed E-state index contributed by atoms with van der Waals surface area (Å²) in [5.74, 6) is 2.15. The van der Waals surface area contributed by atoms with Crippen LogP contribution in [-0.2, 0) is 5.75 Å². The Morgan fingerprint density at radius 2 is 2.11 bits per heavy atom. The molecule has 4 nitrogen and oxygen atoms in total. The van der Waals surface area contributed by atoms with Crippen LogP contribution in [-0.4, -0.2) is 23.3 Å². The summed E-state index contributed by atoms with van der Waals surface area (Å²) in [6, 6.07) is 9.74. The van der Waals surface area contributed by atoms with Crippen LogP contribution in [0.2, 0.25) is 0 Å². The second kappa shape index (κ2) is 6.68. The van der Waals surface area contributed by atoms with E-state index >= 15 is 0 Å². The Bertz CT molecular complexity index is 563. The molecule has 0 unspecified atom stereocenters. The van der Waals surface area contributed by atoms with Crippen LogP contribution in [0.1, 0.15) is 5.56 Å². The predicted octanol–water partition coefficient (Wildman–Crippen LogP) is 3.08. The van der Waals surface area contributed by atoms with Gasteiger partial charge in [-0.05, 0) is 24.0 Å². The molecule has 1 aromatic carbocycles. The summed E-state index contributed by atoms with van der Waals surface area (Å²) in [4.78, 5) is 8.64. The third-order valence-electron chi connectivity index (χ3n) is 2.41. The number of nitrogen functional groups attached to an aromatic ring is 1. The van der Waals surface area contributed by atoms with Gasteiger partial charge in [0, 0.05) is 11.8 Å². The Labute approximate surface area is 121 Å². The van der Waals surface area contributed by atoms with Gasteiger partial charge in [-0.3, -0.25) is 0 Å². The fraction of sp³-hybridized carbons (Fsp3) is 0.231. The normalized spacial score (nSPS) is 10.4. The predicted molar refractivity (Wildman–Crippen MR) is 80.8 cm³/mol. The van der Waals surface area contributed by atoms with Crippen molar-refractivity contribution in [2.45, 2.75) is 15.9 Å². The van der Waals surface area contributed by atoms with Crippen molar-refractivity contribution in [1.82, 2.24) is 9.97 Å². The zero-order valence-electron chi connectivity index (χ0n) is 10.8. The van der Waals surface area contributed by atoms with Crippen molar-refractivity contribution in [3.8, 4) is 5.75 Å². The van der Waals surface area contributed by atoms with E-state index in [2.05, 4.69) is 16.0 Å². The highest BCUT2D eigenvalue weighted by atomic mass is 32.2. The average molecular weight is 293 g/mol. The summed E-state index contributed by atoms with van der Waals surface area (Å²) in [5.41, 5.74) is 6.92. The Morgan fingerprint density at radius 1 is 1.26 bits per heavy atom. The van der Waals surface area contributed by atoms with Gasteiger partial charge in [0.1, 0.15) is 16.6 Å². The Kier molecular flexibility index (Phi) is 4.93. The van der Waals surface area contributed by atoms with E-state index in [1.54, 1.807) is 36.7 Å². The Morgan fingerprint density at radius 3 is 2.84 bits per heavy atom. The molecule has 2 aromatic rings. The summed E-state index contributed by atoms with van der Waals surface area (Å²) >= 11 is 3.13. The van der Waals surface area contributed by atoms with Crippen molar-refractivity contribution in [2.24, 2.45) is 0 Å². The van der Waals surface area contributed by atoms with Gasteiger partial charge in [-0.2, -0.15) is 0 Å². The maximum Gasteiger partial charge on any atom is 0.190 e. The Hall–Kier alpha value is -1.40. The maximum absolute atomic E-state index is 5.75. The van der Waals surface area contributed by atoms with Crippen LogP contribution in [0.25, 0.3) is 0 Å². The lowest BCUT2D eigenvalue weighted by molar-refractivity contribution is 0.414. The van der Waals surface area contributed by atoms with Gasteiger partial charge < -0.3 is 10.5 Å². The molecule has 2 rings (SSSR count). The summed E-state index contributed by atoms with van der Waals surface area (Å²) in [5, 5.41) is 1.59. The van der Waals surface area contributed by atoms with Crippen molar-refractivity contribution >= 4 is 29.3 Å². The number of nitrogens with two attached hydrogens (primary N) is 1. The van der Waals surface area contributed by atoms with Crippen LogP contribution >= 0.6 is 23.5 Å². The number of nitrogens with zero attached hydrogens (tertiary/aromatic N) is 2. The lowest BCUT2D eigenvalue weighted by Gasteiger charge is -2.05. The van der Waals surface area contributed by atoms with E-state index in [1.165, 1.54) is 5.56 Å². The number of benzene rings is 1. The third kappa shape index (κ3) is 4.04. The first kappa shape index (κ1) is 14.0. The average Bonchev–Trinajstić information content (AvgIpc) is 2.44. The minimum atomic E-state index is 0.507. The monoisotopic (exact) mass is 293 g/mol. The number of aromatic nitrogens is 2. The van der Waals surface area contributed by atoms with Gasteiger partial charge in [-0.15, -0.1) is 11.8 Å². The van der Waals surface area contributed by atoms with E-state index in [0.717, 1.165) is 16.5 Å². The molecule has 0 saturated heterocycles. The molecule has 0 radical (unpaired) electrons. The summed E-state index contributed by atoms with van der Waals surface area (Å²) in [6.07, 6.45) is 1.97. The van der Waals surface area contributed by atoms with E-state index in [0.29, 0.717) is 11.0 Å². The molecular formula is C13H15N3OS2. The lowest BCUT2D eigenvalue weighted by Crippen LogP contribution is -1.96. The quantitative estimate of drug-likeness (QED) is 0.519. The molecule has 1 aromatic heterocycles. The number of ether oxygens (including phenoxy) is 1. The summed E-state index contributed by atoms with van der Waals surface area (Å²) < 4.78 is 5.20. The Balaban J connectivity index is 2.07. The zero-order valence-corrected chi connectivity index (χ0v) is 12.4. The molecule has 0 bridgehead atoms. The highest BCUT2D eigenvalue weighted by Crippen LogP contribution is 2.24. The molecule has 0 aliphatic rings. The zero-order chi connectivity index (χ0) is 13.7. The number of hydrogen-bond donors (Lipinski definition) is 1. The van der Waals surface area contributed by atoms with Gasteiger partial charge in [0.25, 0.3) is 0 Å². The highest BCUT2D eigenvalue weighted by molar-refractivity contribution is 7.99. The highest BCUT2D eigenvalue weighted by Gasteiger charge is 2.04. The lowest BCUT2D eigenvalue weighted by atomic mass is 10.2. The van der Waals surface area contributed by atoms with Crippen molar-refractivity contribution < 1.29 is 4.74 Å². The van der Waals surface area contributed by atoms with Crippen molar-refractivity contribution in [2.75, 3.05) is 19.1 Å². The molecular weight excluding hydrogens is 278 g/mol. The van der Waals surface area contributed by atoms with E-state index in [1.807, 2.05) is 24.5 Å². The van der Waals surface area contributed by atoms with E-state index in [-0.39, 0.29) is 0 Å². The van der Waals surface area contributed by atoms with E-state index in [9.17, 15) is 0 Å². The minimum Gasteiger partial charge on any atom is -0.497 e. The number of thioether (sulfide) groups is 2. The number of hydrogen-bond acceptors (Lipinski definition) is 6. The first-order valence-corrected chi connectivity index (χ1v) is 7.86. The first-order valence-electron chi connectivity index (χ1n) is 5.65. The fourth-order valence-electron chi connectivity index (χ4n) is 1.50. The SMILES string of the molecule is COc1cccc(CSc2nc(N)cc(SC)n2)c1. The maximum atomic E-state index is 5.75. The summed E-state index contributed by atoms with van der Waals surface area (Å²) in [7, 11) is 1.66. The molecule has 2 N–H and O–H groups in total. The molecule has 0 aliphatic carbocycles. The summed E-state index contributed by atoms with van der Waals surface area (Å²) in [6.45, 7) is 0. The van der Waals surface area contributed by atoms with Gasteiger partial charge in [-0.25, -0.2) is 9.97 Å². The van der Waals surface area contributed by atoms with Crippen LogP contribution in [0.5, 0.6) is 5.75 Å². The van der Waals surface area contributed by atoms with Crippen molar-refractivity contribution in [1.29, 1.82) is 0 Å². The van der Waals surface area contributed by atoms with Crippen LogP contribution in [0.15, 0.2) is 40.5 Å². The molecule has 0 fully saturated rings. The van der Waals surface area contributed by atoms with Gasteiger partial charge in [0.15, 0.2) is 5.16 Å². The molecule has 100 valence electrons. The molecule has 0 atom stereocenters. The van der Waals surface area contributed by atoms with Crippen LogP contribution < -0.4 is 10.5 Å². The van der Waals surface area contributed by atoms with Crippen LogP contribution in [0.4, 0.5) is 5.82 Å². The molecule has 19 heavy (non-hydrogen) atoms.